The first-order valence-corrected chi connectivity index (χ1v) is 7.07. The van der Waals surface area contributed by atoms with Gasteiger partial charge < -0.3 is 10.0 Å². The van der Waals surface area contributed by atoms with Crippen LogP contribution in [0.4, 0.5) is 0 Å². The number of carboxylic acid groups (broad SMARTS) is 1. The summed E-state index contributed by atoms with van der Waals surface area (Å²) >= 11 is 1.58. The molecule has 0 aliphatic rings. The first-order valence-electron chi connectivity index (χ1n) is 6.19. The highest BCUT2D eigenvalue weighted by atomic mass is 32.1. The van der Waals surface area contributed by atoms with Gasteiger partial charge in [0.2, 0.25) is 5.91 Å². The van der Waals surface area contributed by atoms with Gasteiger partial charge in [0.05, 0.1) is 5.92 Å². The van der Waals surface area contributed by atoms with Crippen molar-refractivity contribution in [3.05, 3.63) is 28.0 Å². The van der Waals surface area contributed by atoms with Crippen LogP contribution in [-0.4, -0.2) is 35.0 Å². The van der Waals surface area contributed by atoms with Crippen molar-refractivity contribution in [1.29, 1.82) is 0 Å². The van der Waals surface area contributed by atoms with Gasteiger partial charge in [-0.25, -0.2) is 0 Å². The summed E-state index contributed by atoms with van der Waals surface area (Å²) in [6.07, 6.45) is 3.30. The third kappa shape index (κ3) is 4.52. The predicted molar refractivity (Wildman–Crippen MR) is 77.1 cm³/mol. The van der Waals surface area contributed by atoms with Gasteiger partial charge in [-0.05, 0) is 36.9 Å². The molecule has 1 N–H and O–H groups in total. The van der Waals surface area contributed by atoms with Gasteiger partial charge in [0.1, 0.15) is 0 Å². The van der Waals surface area contributed by atoms with Crippen molar-refractivity contribution in [2.75, 3.05) is 13.1 Å². The van der Waals surface area contributed by atoms with Crippen LogP contribution in [-0.2, 0) is 9.59 Å². The standard InChI is InChI=1S/C14H19NO3S/c1-4-15(9-11(3)14(17)18)13(16)6-5-12-10(2)7-8-19-12/h5-8,11H,4,9H2,1-3H3,(H,17,18). The lowest BCUT2D eigenvalue weighted by molar-refractivity contribution is -0.142. The van der Waals surface area contributed by atoms with E-state index in [1.807, 2.05) is 25.3 Å². The van der Waals surface area contributed by atoms with Crippen LogP contribution in [0.5, 0.6) is 0 Å². The zero-order chi connectivity index (χ0) is 14.4. The van der Waals surface area contributed by atoms with E-state index in [2.05, 4.69) is 0 Å². The first-order chi connectivity index (χ1) is 8.95. The highest BCUT2D eigenvalue weighted by Crippen LogP contribution is 2.17. The van der Waals surface area contributed by atoms with E-state index < -0.39 is 11.9 Å². The van der Waals surface area contributed by atoms with E-state index in [9.17, 15) is 9.59 Å². The third-order valence-corrected chi connectivity index (χ3v) is 3.87. The van der Waals surface area contributed by atoms with Gasteiger partial charge in [0.15, 0.2) is 0 Å². The van der Waals surface area contributed by atoms with E-state index in [1.54, 1.807) is 24.3 Å². The number of likely N-dealkylation sites (N-methyl/N-ethyl adjacent to an activating group) is 1. The van der Waals surface area contributed by atoms with Gasteiger partial charge in [-0.1, -0.05) is 6.92 Å². The molecular formula is C14H19NO3S. The molecule has 0 bridgehead atoms. The molecule has 0 saturated carbocycles. The molecule has 0 spiro atoms. The zero-order valence-corrected chi connectivity index (χ0v) is 12.2. The summed E-state index contributed by atoms with van der Waals surface area (Å²) in [6, 6.07) is 2.00. The number of hydrogen-bond donors (Lipinski definition) is 1. The topological polar surface area (TPSA) is 57.6 Å². The van der Waals surface area contributed by atoms with Crippen LogP contribution >= 0.6 is 11.3 Å². The van der Waals surface area contributed by atoms with Gasteiger partial charge in [-0.3, -0.25) is 9.59 Å². The predicted octanol–water partition coefficient (Wildman–Crippen LogP) is 2.64. The lowest BCUT2D eigenvalue weighted by Gasteiger charge is -2.21. The summed E-state index contributed by atoms with van der Waals surface area (Å²) in [6.45, 7) is 6.18. The molecule has 1 aromatic heterocycles. The maximum Gasteiger partial charge on any atom is 0.308 e. The molecule has 1 unspecified atom stereocenters. The molecule has 0 aliphatic carbocycles. The number of nitrogens with zero attached hydrogens (tertiary/aromatic N) is 1. The van der Waals surface area contributed by atoms with Crippen LogP contribution in [0.2, 0.25) is 0 Å². The highest BCUT2D eigenvalue weighted by Gasteiger charge is 2.17. The Morgan fingerprint density at radius 3 is 2.68 bits per heavy atom. The average molecular weight is 281 g/mol. The molecule has 0 saturated heterocycles. The second-order valence-corrected chi connectivity index (χ2v) is 5.37. The molecule has 0 radical (unpaired) electrons. The van der Waals surface area contributed by atoms with E-state index in [-0.39, 0.29) is 12.5 Å². The Morgan fingerprint density at radius 2 is 2.21 bits per heavy atom. The largest absolute Gasteiger partial charge is 0.481 e. The normalized spacial score (nSPS) is 12.6. The Bertz CT molecular complexity index is 479. The Labute approximate surface area is 117 Å². The number of thiophene rings is 1. The molecule has 1 rings (SSSR count). The minimum absolute atomic E-state index is 0.150. The number of amides is 1. The second kappa shape index (κ2) is 7.09. The summed E-state index contributed by atoms with van der Waals surface area (Å²) in [7, 11) is 0. The Balaban J connectivity index is 2.67. The van der Waals surface area contributed by atoms with E-state index >= 15 is 0 Å². The number of carboxylic acids is 1. The maximum atomic E-state index is 12.0. The van der Waals surface area contributed by atoms with E-state index in [0.29, 0.717) is 6.54 Å². The Hall–Kier alpha value is -1.62. The van der Waals surface area contributed by atoms with Crippen molar-refractivity contribution >= 4 is 29.3 Å². The van der Waals surface area contributed by atoms with Crippen LogP contribution in [0.25, 0.3) is 6.08 Å². The quantitative estimate of drug-likeness (QED) is 0.815. The molecule has 0 aromatic carbocycles. The van der Waals surface area contributed by atoms with Gasteiger partial charge in [-0.15, -0.1) is 11.3 Å². The number of aryl methyl sites for hydroxylation is 1. The molecular weight excluding hydrogens is 262 g/mol. The monoisotopic (exact) mass is 281 g/mol. The first kappa shape index (κ1) is 15.4. The van der Waals surface area contributed by atoms with Crippen LogP contribution in [0, 0.1) is 12.8 Å². The van der Waals surface area contributed by atoms with Crippen LogP contribution in [0.1, 0.15) is 24.3 Å². The fraction of sp³-hybridized carbons (Fsp3) is 0.429. The van der Waals surface area contributed by atoms with E-state index in [0.717, 1.165) is 10.4 Å². The van der Waals surface area contributed by atoms with Crippen molar-refractivity contribution in [1.82, 2.24) is 4.90 Å². The third-order valence-electron chi connectivity index (χ3n) is 2.89. The lowest BCUT2D eigenvalue weighted by Crippen LogP contribution is -2.35. The van der Waals surface area contributed by atoms with Crippen molar-refractivity contribution in [2.45, 2.75) is 20.8 Å². The number of aliphatic carboxylic acids is 1. The molecule has 0 fully saturated rings. The van der Waals surface area contributed by atoms with Crippen molar-refractivity contribution < 1.29 is 14.7 Å². The summed E-state index contributed by atoms with van der Waals surface area (Å²) in [5, 5.41) is 10.8. The minimum Gasteiger partial charge on any atom is -0.481 e. The fourth-order valence-corrected chi connectivity index (χ4v) is 2.41. The molecule has 0 aliphatic heterocycles. The van der Waals surface area contributed by atoms with Gasteiger partial charge in [0, 0.05) is 24.0 Å². The van der Waals surface area contributed by atoms with E-state index in [1.165, 1.54) is 11.0 Å². The van der Waals surface area contributed by atoms with Crippen LogP contribution in [0.15, 0.2) is 17.5 Å². The molecule has 1 atom stereocenters. The van der Waals surface area contributed by atoms with Crippen molar-refractivity contribution in [3.8, 4) is 0 Å². The SMILES string of the molecule is CCN(CC(C)C(=O)O)C(=O)C=Cc1sccc1C. The van der Waals surface area contributed by atoms with Gasteiger partial charge >= 0.3 is 5.97 Å². The Kier molecular flexibility index (Phi) is 5.76. The molecule has 1 aromatic rings. The summed E-state index contributed by atoms with van der Waals surface area (Å²) < 4.78 is 0. The minimum atomic E-state index is -0.885. The fourth-order valence-electron chi connectivity index (χ4n) is 1.59. The molecule has 1 amide bonds. The van der Waals surface area contributed by atoms with Crippen LogP contribution < -0.4 is 0 Å². The van der Waals surface area contributed by atoms with Gasteiger partial charge in [0.25, 0.3) is 0 Å². The van der Waals surface area contributed by atoms with Gasteiger partial charge in [-0.2, -0.15) is 0 Å². The summed E-state index contributed by atoms with van der Waals surface area (Å²) in [4.78, 5) is 25.4. The van der Waals surface area contributed by atoms with Crippen LogP contribution in [0.3, 0.4) is 0 Å². The lowest BCUT2D eigenvalue weighted by atomic mass is 10.1. The summed E-state index contributed by atoms with van der Waals surface area (Å²) in [5.41, 5.74) is 1.14. The second-order valence-electron chi connectivity index (χ2n) is 4.42. The molecule has 19 heavy (non-hydrogen) atoms. The highest BCUT2D eigenvalue weighted by molar-refractivity contribution is 7.11. The van der Waals surface area contributed by atoms with Crippen molar-refractivity contribution in [2.24, 2.45) is 5.92 Å². The van der Waals surface area contributed by atoms with E-state index in [4.69, 9.17) is 5.11 Å². The zero-order valence-electron chi connectivity index (χ0n) is 11.4. The number of rotatable bonds is 6. The number of hydrogen-bond acceptors (Lipinski definition) is 3. The number of carbonyl (C=O) groups is 2. The maximum absolute atomic E-state index is 12.0. The molecule has 4 nitrogen and oxygen atoms in total. The molecule has 5 heteroatoms. The Morgan fingerprint density at radius 1 is 1.53 bits per heavy atom. The molecule has 1 heterocycles. The smallest absolute Gasteiger partial charge is 0.308 e. The summed E-state index contributed by atoms with van der Waals surface area (Å²) in [5.74, 6) is -1.59. The molecule has 104 valence electrons. The van der Waals surface area contributed by atoms with Crippen molar-refractivity contribution in [3.63, 3.8) is 0 Å². The number of carbonyl (C=O) groups excluding carboxylic acids is 1. The average Bonchev–Trinajstić information content (AvgIpc) is 2.78.